The monoisotopic (exact) mass is 255 g/mol. The number of ether oxygens (including phenoxy) is 2. The van der Waals surface area contributed by atoms with E-state index in [1.54, 1.807) is 14.2 Å². The summed E-state index contributed by atoms with van der Waals surface area (Å²) in [5.41, 5.74) is 2.42. The molecule has 2 aromatic carbocycles. The maximum atomic E-state index is 5.33. The Kier molecular flexibility index (Phi) is 3.23. The third-order valence-corrected chi connectivity index (χ3v) is 3.54. The predicted molar refractivity (Wildman–Crippen MR) is 77.3 cm³/mol. The average molecular weight is 255 g/mol. The fourth-order valence-corrected chi connectivity index (χ4v) is 2.59. The summed E-state index contributed by atoms with van der Waals surface area (Å²) >= 11 is 0. The van der Waals surface area contributed by atoms with E-state index < -0.39 is 0 Å². The van der Waals surface area contributed by atoms with Crippen molar-refractivity contribution in [3.8, 4) is 0 Å². The number of benzene rings is 2. The smallest absolute Gasteiger partial charge is 0.174 e. The van der Waals surface area contributed by atoms with Crippen molar-refractivity contribution in [1.82, 2.24) is 4.57 Å². The second kappa shape index (κ2) is 5.03. The van der Waals surface area contributed by atoms with Crippen LogP contribution in [0.5, 0.6) is 0 Å². The van der Waals surface area contributed by atoms with Crippen molar-refractivity contribution in [2.75, 3.05) is 14.2 Å². The van der Waals surface area contributed by atoms with Crippen LogP contribution >= 0.6 is 0 Å². The molecular weight excluding hydrogens is 238 g/mol. The maximum absolute atomic E-state index is 5.33. The molecule has 0 spiro atoms. The summed E-state index contributed by atoms with van der Waals surface area (Å²) in [7, 11) is 3.34. The van der Waals surface area contributed by atoms with Crippen LogP contribution in [-0.2, 0) is 16.0 Å². The first-order valence-electron chi connectivity index (χ1n) is 6.36. The van der Waals surface area contributed by atoms with Crippen molar-refractivity contribution in [3.05, 3.63) is 48.5 Å². The van der Waals surface area contributed by atoms with E-state index in [1.165, 1.54) is 21.8 Å². The van der Waals surface area contributed by atoms with Crippen LogP contribution in [0.3, 0.4) is 0 Å². The van der Waals surface area contributed by atoms with Crippen LogP contribution in [0.15, 0.2) is 48.5 Å². The molecule has 3 rings (SSSR count). The molecule has 3 heteroatoms. The van der Waals surface area contributed by atoms with Crippen LogP contribution in [0.1, 0.15) is 0 Å². The van der Waals surface area contributed by atoms with Crippen LogP contribution in [0.25, 0.3) is 21.8 Å². The quantitative estimate of drug-likeness (QED) is 0.667. The largest absolute Gasteiger partial charge is 0.354 e. The van der Waals surface area contributed by atoms with Crippen LogP contribution in [-0.4, -0.2) is 25.1 Å². The molecule has 1 aromatic heterocycles. The van der Waals surface area contributed by atoms with E-state index >= 15 is 0 Å². The first-order valence-corrected chi connectivity index (χ1v) is 6.36. The van der Waals surface area contributed by atoms with Gasteiger partial charge in [-0.1, -0.05) is 36.4 Å². The second-order valence-electron chi connectivity index (χ2n) is 4.55. The number of methoxy groups -OCH3 is 2. The predicted octanol–water partition coefficient (Wildman–Crippen LogP) is 3.41. The van der Waals surface area contributed by atoms with Gasteiger partial charge in [-0.15, -0.1) is 0 Å². The van der Waals surface area contributed by atoms with Crippen molar-refractivity contribution in [2.45, 2.75) is 12.8 Å². The molecule has 0 N–H and O–H groups in total. The molecule has 0 aliphatic rings. The van der Waals surface area contributed by atoms with Gasteiger partial charge in [0.05, 0.1) is 6.54 Å². The summed E-state index contributed by atoms with van der Waals surface area (Å²) in [6, 6.07) is 16.9. The highest BCUT2D eigenvalue weighted by molar-refractivity contribution is 6.07. The van der Waals surface area contributed by atoms with Crippen molar-refractivity contribution in [3.63, 3.8) is 0 Å². The number of nitrogens with zero attached hydrogens (tertiary/aromatic N) is 1. The van der Waals surface area contributed by atoms with Crippen LogP contribution in [0.4, 0.5) is 0 Å². The van der Waals surface area contributed by atoms with Crippen LogP contribution in [0, 0.1) is 0 Å². The van der Waals surface area contributed by atoms with E-state index in [1.807, 2.05) is 0 Å². The third kappa shape index (κ3) is 2.01. The van der Waals surface area contributed by atoms with Crippen LogP contribution < -0.4 is 0 Å². The highest BCUT2D eigenvalue weighted by Crippen LogP contribution is 2.28. The van der Waals surface area contributed by atoms with Gasteiger partial charge in [-0.25, -0.2) is 0 Å². The summed E-state index contributed by atoms with van der Waals surface area (Å²) in [5, 5.41) is 2.54. The SMILES string of the molecule is COC(Cn1c2ccccc2c2ccccc21)OC. The Labute approximate surface area is 112 Å². The third-order valence-electron chi connectivity index (χ3n) is 3.54. The molecule has 0 bridgehead atoms. The molecule has 0 aliphatic heterocycles. The highest BCUT2D eigenvalue weighted by atomic mass is 16.7. The van der Waals surface area contributed by atoms with Gasteiger partial charge in [0.15, 0.2) is 6.29 Å². The summed E-state index contributed by atoms with van der Waals surface area (Å²) < 4.78 is 12.9. The summed E-state index contributed by atoms with van der Waals surface area (Å²) in [6.45, 7) is 0.682. The Morgan fingerprint density at radius 2 is 1.32 bits per heavy atom. The van der Waals surface area contributed by atoms with E-state index in [9.17, 15) is 0 Å². The van der Waals surface area contributed by atoms with E-state index in [4.69, 9.17) is 9.47 Å². The maximum Gasteiger partial charge on any atom is 0.174 e. The van der Waals surface area contributed by atoms with Gasteiger partial charge in [0.2, 0.25) is 0 Å². The minimum absolute atomic E-state index is 0.237. The van der Waals surface area contributed by atoms with Gasteiger partial charge in [0.25, 0.3) is 0 Å². The number of aromatic nitrogens is 1. The number of fused-ring (bicyclic) bond motifs is 3. The first-order chi connectivity index (χ1) is 9.35. The lowest BCUT2D eigenvalue weighted by Gasteiger charge is -2.15. The van der Waals surface area contributed by atoms with Crippen molar-refractivity contribution in [2.24, 2.45) is 0 Å². The molecule has 0 atom stereocenters. The van der Waals surface area contributed by atoms with E-state index in [0.29, 0.717) is 6.54 Å². The Bertz CT molecular complexity index is 645. The number of hydrogen-bond acceptors (Lipinski definition) is 2. The zero-order valence-electron chi connectivity index (χ0n) is 11.2. The van der Waals surface area contributed by atoms with Crippen LogP contribution in [0.2, 0.25) is 0 Å². The Morgan fingerprint density at radius 3 is 1.79 bits per heavy atom. The molecular formula is C16H17NO2. The Hall–Kier alpha value is -1.84. The normalized spacial score (nSPS) is 11.7. The van der Waals surface area contributed by atoms with Gasteiger partial charge in [0, 0.05) is 36.0 Å². The van der Waals surface area contributed by atoms with E-state index in [0.717, 1.165) is 0 Å². The van der Waals surface area contributed by atoms with Gasteiger partial charge in [0.1, 0.15) is 0 Å². The van der Waals surface area contributed by atoms with Crippen molar-refractivity contribution < 1.29 is 9.47 Å². The molecule has 0 unspecified atom stereocenters. The molecule has 98 valence electrons. The second-order valence-corrected chi connectivity index (χ2v) is 4.55. The molecule has 0 radical (unpaired) electrons. The molecule has 0 saturated heterocycles. The molecule has 3 nitrogen and oxygen atoms in total. The Morgan fingerprint density at radius 1 is 0.842 bits per heavy atom. The molecule has 0 fully saturated rings. The highest BCUT2D eigenvalue weighted by Gasteiger charge is 2.13. The van der Waals surface area contributed by atoms with Gasteiger partial charge >= 0.3 is 0 Å². The standard InChI is InChI=1S/C16H17NO2/c1-18-16(19-2)11-17-14-9-5-3-7-12(14)13-8-4-6-10-15(13)17/h3-10,16H,11H2,1-2H3. The topological polar surface area (TPSA) is 23.4 Å². The lowest BCUT2D eigenvalue weighted by Crippen LogP contribution is -2.20. The molecule has 0 saturated carbocycles. The molecule has 19 heavy (non-hydrogen) atoms. The molecule has 1 heterocycles. The summed E-state index contributed by atoms with van der Waals surface area (Å²) in [5.74, 6) is 0. The number of rotatable bonds is 4. The summed E-state index contributed by atoms with van der Waals surface area (Å²) in [4.78, 5) is 0. The minimum Gasteiger partial charge on any atom is -0.354 e. The minimum atomic E-state index is -0.237. The fourth-order valence-electron chi connectivity index (χ4n) is 2.59. The van der Waals surface area contributed by atoms with Gasteiger partial charge in [-0.2, -0.15) is 0 Å². The molecule has 0 amide bonds. The molecule has 0 aliphatic carbocycles. The fraction of sp³-hybridized carbons (Fsp3) is 0.250. The van der Waals surface area contributed by atoms with Gasteiger partial charge in [-0.3, -0.25) is 0 Å². The van der Waals surface area contributed by atoms with Gasteiger partial charge in [-0.05, 0) is 12.1 Å². The lowest BCUT2D eigenvalue weighted by atomic mass is 10.2. The summed E-state index contributed by atoms with van der Waals surface area (Å²) in [6.07, 6.45) is -0.237. The lowest BCUT2D eigenvalue weighted by molar-refractivity contribution is -0.109. The zero-order valence-corrected chi connectivity index (χ0v) is 11.2. The zero-order chi connectivity index (χ0) is 13.2. The van der Waals surface area contributed by atoms with Crippen molar-refractivity contribution in [1.29, 1.82) is 0 Å². The molecule has 3 aromatic rings. The van der Waals surface area contributed by atoms with Crippen molar-refractivity contribution >= 4 is 21.8 Å². The van der Waals surface area contributed by atoms with Gasteiger partial charge < -0.3 is 14.0 Å². The van der Waals surface area contributed by atoms with E-state index in [-0.39, 0.29) is 6.29 Å². The van der Waals surface area contributed by atoms with E-state index in [2.05, 4.69) is 53.1 Å². The first kappa shape index (κ1) is 12.2. The Balaban J connectivity index is 2.24. The number of hydrogen-bond donors (Lipinski definition) is 0. The average Bonchev–Trinajstić information content (AvgIpc) is 2.79. The number of para-hydroxylation sites is 2.